The lowest BCUT2D eigenvalue weighted by Crippen LogP contribution is -2.43. The summed E-state index contributed by atoms with van der Waals surface area (Å²) < 4.78 is 46.2. The van der Waals surface area contributed by atoms with Crippen molar-refractivity contribution in [2.45, 2.75) is 17.7 Å². The number of sulfonamides is 1. The van der Waals surface area contributed by atoms with Gasteiger partial charge in [0.15, 0.2) is 9.84 Å². The quantitative estimate of drug-likeness (QED) is 0.563. The van der Waals surface area contributed by atoms with Crippen molar-refractivity contribution in [1.29, 1.82) is 0 Å². The summed E-state index contributed by atoms with van der Waals surface area (Å²) in [6.45, 7) is 0.159. The molecule has 2 fully saturated rings. The van der Waals surface area contributed by atoms with Crippen molar-refractivity contribution >= 4 is 19.9 Å². The molecular weight excluding hydrogens is 214 g/mol. The van der Waals surface area contributed by atoms with Gasteiger partial charge < -0.3 is 0 Å². The Kier molecular flexibility index (Phi) is 1.78. The number of sulfone groups is 1. The van der Waals surface area contributed by atoms with Crippen LogP contribution in [0.25, 0.3) is 0 Å². The molecule has 2 heterocycles. The number of hydrogen-bond donors (Lipinski definition) is 0. The molecule has 0 amide bonds. The number of fused-ring (bicyclic) bond motifs is 2. The zero-order valence-corrected chi connectivity index (χ0v) is 8.81. The average molecular weight is 225 g/mol. The van der Waals surface area contributed by atoms with Crippen LogP contribution in [-0.2, 0) is 19.9 Å². The van der Waals surface area contributed by atoms with Crippen LogP contribution in [0.4, 0.5) is 0 Å². The maximum absolute atomic E-state index is 11.3. The summed E-state index contributed by atoms with van der Waals surface area (Å²) in [7, 11) is -6.20. The summed E-state index contributed by atoms with van der Waals surface area (Å²) >= 11 is 0. The molecule has 0 aromatic carbocycles. The van der Waals surface area contributed by atoms with Gasteiger partial charge in [-0.3, -0.25) is 0 Å². The summed E-state index contributed by atoms with van der Waals surface area (Å²) in [5.41, 5.74) is 0. The fourth-order valence-corrected chi connectivity index (χ4v) is 5.44. The highest BCUT2D eigenvalue weighted by atomic mass is 32.2. The lowest BCUT2D eigenvalue weighted by molar-refractivity contribution is 0.406. The van der Waals surface area contributed by atoms with Crippen LogP contribution in [0.1, 0.15) is 6.42 Å². The molecule has 76 valence electrons. The molecule has 0 spiro atoms. The van der Waals surface area contributed by atoms with E-state index in [0.29, 0.717) is 6.42 Å². The second-order valence-corrected chi connectivity index (χ2v) is 7.93. The third-order valence-corrected chi connectivity index (χ3v) is 6.19. The average Bonchev–Trinajstić information content (AvgIpc) is 2.38. The Morgan fingerprint density at radius 2 is 2.00 bits per heavy atom. The zero-order chi connectivity index (χ0) is 9.85. The van der Waals surface area contributed by atoms with Crippen molar-refractivity contribution in [3.63, 3.8) is 0 Å². The predicted octanol–water partition coefficient (Wildman–Crippen LogP) is -1.18. The normalized spacial score (nSPS) is 38.2. The smallest absolute Gasteiger partial charge is 0.211 e. The van der Waals surface area contributed by atoms with Crippen molar-refractivity contribution in [2.75, 3.05) is 18.6 Å². The van der Waals surface area contributed by atoms with Crippen LogP contribution in [0.5, 0.6) is 0 Å². The van der Waals surface area contributed by atoms with Crippen LogP contribution in [0.3, 0.4) is 0 Å². The van der Waals surface area contributed by atoms with Crippen molar-refractivity contribution < 1.29 is 16.8 Å². The van der Waals surface area contributed by atoms with Crippen LogP contribution in [-0.4, -0.2) is 51.0 Å². The molecule has 5 nitrogen and oxygen atoms in total. The van der Waals surface area contributed by atoms with Gasteiger partial charge in [-0.05, 0) is 6.42 Å². The van der Waals surface area contributed by atoms with E-state index in [0.717, 1.165) is 6.26 Å². The lowest BCUT2D eigenvalue weighted by atomic mass is 10.3. The second-order valence-electron chi connectivity index (χ2n) is 3.67. The minimum Gasteiger partial charge on any atom is -0.228 e. The minimum absolute atomic E-state index is 0.00470. The highest BCUT2D eigenvalue weighted by molar-refractivity contribution is 7.93. The van der Waals surface area contributed by atoms with E-state index < -0.39 is 25.1 Å². The SMILES string of the molecule is CS(=O)(=O)N1CC2CC1CS2(=O)=O. The van der Waals surface area contributed by atoms with Gasteiger partial charge in [0.1, 0.15) is 0 Å². The van der Waals surface area contributed by atoms with Crippen molar-refractivity contribution in [2.24, 2.45) is 0 Å². The monoisotopic (exact) mass is 225 g/mol. The van der Waals surface area contributed by atoms with Crippen LogP contribution in [0, 0.1) is 0 Å². The largest absolute Gasteiger partial charge is 0.228 e. The molecule has 0 radical (unpaired) electrons. The Labute approximate surface area is 77.7 Å². The number of rotatable bonds is 1. The minimum atomic E-state index is -3.21. The highest BCUT2D eigenvalue weighted by Crippen LogP contribution is 2.34. The van der Waals surface area contributed by atoms with E-state index in [1.165, 1.54) is 4.31 Å². The predicted molar refractivity (Wildman–Crippen MR) is 47.5 cm³/mol. The molecule has 0 aliphatic carbocycles. The molecule has 2 unspecified atom stereocenters. The van der Waals surface area contributed by atoms with Gasteiger partial charge in [0.05, 0.1) is 17.3 Å². The molecule has 2 bridgehead atoms. The molecule has 2 aliphatic rings. The molecule has 0 aromatic heterocycles. The van der Waals surface area contributed by atoms with E-state index in [2.05, 4.69) is 0 Å². The third-order valence-electron chi connectivity index (χ3n) is 2.68. The molecule has 0 saturated carbocycles. The molecular formula is C6H11NO4S2. The Hall–Kier alpha value is -0.140. The molecule has 7 heteroatoms. The van der Waals surface area contributed by atoms with E-state index in [1.54, 1.807) is 0 Å². The molecule has 0 aromatic rings. The molecule has 0 N–H and O–H groups in total. The summed E-state index contributed by atoms with van der Waals surface area (Å²) in [5.74, 6) is 0.00470. The number of nitrogens with zero attached hydrogens (tertiary/aromatic N) is 1. The maximum Gasteiger partial charge on any atom is 0.211 e. The van der Waals surface area contributed by atoms with E-state index in [9.17, 15) is 16.8 Å². The summed E-state index contributed by atoms with van der Waals surface area (Å²) in [4.78, 5) is 0. The van der Waals surface area contributed by atoms with E-state index in [-0.39, 0.29) is 18.3 Å². The molecule has 2 rings (SSSR count). The fourth-order valence-electron chi connectivity index (χ4n) is 2.07. The Balaban J connectivity index is 2.31. The Morgan fingerprint density at radius 3 is 2.31 bits per heavy atom. The van der Waals surface area contributed by atoms with E-state index in [4.69, 9.17) is 0 Å². The van der Waals surface area contributed by atoms with Gasteiger partial charge >= 0.3 is 0 Å². The zero-order valence-electron chi connectivity index (χ0n) is 7.17. The highest BCUT2D eigenvalue weighted by Gasteiger charge is 2.51. The van der Waals surface area contributed by atoms with Gasteiger partial charge in [0.25, 0.3) is 0 Å². The van der Waals surface area contributed by atoms with Gasteiger partial charge in [0, 0.05) is 12.6 Å². The van der Waals surface area contributed by atoms with Crippen LogP contribution in [0.15, 0.2) is 0 Å². The number of hydrogen-bond acceptors (Lipinski definition) is 4. The first-order chi connectivity index (χ1) is 5.81. The Morgan fingerprint density at radius 1 is 1.38 bits per heavy atom. The first-order valence-corrected chi connectivity index (χ1v) is 7.55. The lowest BCUT2D eigenvalue weighted by Gasteiger charge is -2.23. The summed E-state index contributed by atoms with van der Waals surface area (Å²) in [6, 6.07) is -0.301. The van der Waals surface area contributed by atoms with Gasteiger partial charge in [-0.25, -0.2) is 16.8 Å². The van der Waals surface area contributed by atoms with Gasteiger partial charge in [0.2, 0.25) is 10.0 Å². The molecule has 2 atom stereocenters. The fraction of sp³-hybridized carbons (Fsp3) is 1.00. The topological polar surface area (TPSA) is 71.5 Å². The molecule has 13 heavy (non-hydrogen) atoms. The molecule has 2 saturated heterocycles. The molecule has 2 aliphatic heterocycles. The summed E-state index contributed by atoms with van der Waals surface area (Å²) in [6.07, 6.45) is 1.61. The van der Waals surface area contributed by atoms with Crippen molar-refractivity contribution in [1.82, 2.24) is 4.31 Å². The third kappa shape index (κ3) is 1.38. The van der Waals surface area contributed by atoms with Gasteiger partial charge in [-0.15, -0.1) is 0 Å². The first-order valence-electron chi connectivity index (χ1n) is 3.99. The standard InChI is InChI=1S/C6H11NO4S2/c1-12(8,9)7-3-6-2-5(7)4-13(6,10)11/h5-6H,2-4H2,1H3. The van der Waals surface area contributed by atoms with Crippen molar-refractivity contribution in [3.8, 4) is 0 Å². The van der Waals surface area contributed by atoms with Crippen LogP contribution in [0.2, 0.25) is 0 Å². The van der Waals surface area contributed by atoms with Crippen molar-refractivity contribution in [3.05, 3.63) is 0 Å². The van der Waals surface area contributed by atoms with Crippen LogP contribution >= 0.6 is 0 Å². The summed E-state index contributed by atoms with van der Waals surface area (Å²) in [5, 5.41) is -0.452. The van der Waals surface area contributed by atoms with E-state index >= 15 is 0 Å². The second kappa shape index (κ2) is 2.46. The maximum atomic E-state index is 11.3. The van der Waals surface area contributed by atoms with Gasteiger partial charge in [-0.2, -0.15) is 4.31 Å². The Bertz CT molecular complexity index is 424. The van der Waals surface area contributed by atoms with Gasteiger partial charge in [-0.1, -0.05) is 0 Å². The van der Waals surface area contributed by atoms with E-state index in [1.807, 2.05) is 0 Å². The van der Waals surface area contributed by atoms with Crippen LogP contribution < -0.4 is 0 Å². The first kappa shape index (κ1) is 9.42.